The molecular formula is C37H41IN2O6. The van der Waals surface area contributed by atoms with Crippen LogP contribution in [0.2, 0.25) is 0 Å². The topological polar surface area (TPSA) is 119 Å². The number of hydrogen-bond donors (Lipinski definition) is 4. The van der Waals surface area contributed by atoms with Crippen molar-refractivity contribution < 1.29 is 29.6 Å². The maximum atomic E-state index is 13.9. The summed E-state index contributed by atoms with van der Waals surface area (Å²) in [5.41, 5.74) is 5.79. The molecule has 3 aromatic rings. The summed E-state index contributed by atoms with van der Waals surface area (Å²) in [6.45, 7) is 5.70. The molecule has 0 radical (unpaired) electrons. The molecule has 1 saturated heterocycles. The SMILES string of the molecule is COc1cc(/C=C(\C)CC[C@@H](O)C2=C(C(C)C)C[C@H]3C(=O)N(c4ccc(Nc5ccccc5)cc4)C(=O)[C@H]3[C@H]2CO)cc(I)c1O. The molecule has 0 aromatic heterocycles. The van der Waals surface area contributed by atoms with Crippen molar-refractivity contribution in [2.75, 3.05) is 23.9 Å². The molecule has 1 aliphatic carbocycles. The molecule has 46 heavy (non-hydrogen) atoms. The Morgan fingerprint density at radius 2 is 1.74 bits per heavy atom. The number of amides is 2. The quantitative estimate of drug-likeness (QED) is 0.0946. The number of aliphatic hydroxyl groups is 2. The molecule has 8 nitrogen and oxygen atoms in total. The van der Waals surface area contributed by atoms with E-state index in [0.717, 1.165) is 28.1 Å². The van der Waals surface area contributed by atoms with E-state index in [1.807, 2.05) is 75.4 Å². The highest BCUT2D eigenvalue weighted by Gasteiger charge is 2.55. The maximum absolute atomic E-state index is 13.9. The number of imide groups is 1. The zero-order valence-electron chi connectivity index (χ0n) is 26.5. The van der Waals surface area contributed by atoms with E-state index in [0.29, 0.717) is 39.8 Å². The summed E-state index contributed by atoms with van der Waals surface area (Å²) in [5, 5.41) is 35.8. The van der Waals surface area contributed by atoms with Gasteiger partial charge in [0, 0.05) is 17.3 Å². The minimum Gasteiger partial charge on any atom is -0.504 e. The summed E-state index contributed by atoms with van der Waals surface area (Å²) in [7, 11) is 1.51. The lowest BCUT2D eigenvalue weighted by atomic mass is 9.66. The normalized spacial score (nSPS) is 20.7. The van der Waals surface area contributed by atoms with Crippen molar-refractivity contribution in [3.05, 3.63) is 92.6 Å². The van der Waals surface area contributed by atoms with Gasteiger partial charge in [0.15, 0.2) is 11.5 Å². The molecule has 0 unspecified atom stereocenters. The molecule has 0 spiro atoms. The van der Waals surface area contributed by atoms with Crippen molar-refractivity contribution in [2.24, 2.45) is 23.7 Å². The fourth-order valence-corrected chi connectivity index (χ4v) is 7.42. The van der Waals surface area contributed by atoms with Crippen molar-refractivity contribution in [3.8, 4) is 11.5 Å². The zero-order valence-corrected chi connectivity index (χ0v) is 28.7. The highest BCUT2D eigenvalue weighted by Crippen LogP contribution is 2.49. The number of anilines is 3. The maximum Gasteiger partial charge on any atom is 0.238 e. The molecule has 2 amide bonds. The summed E-state index contributed by atoms with van der Waals surface area (Å²) in [4.78, 5) is 29.0. The highest BCUT2D eigenvalue weighted by atomic mass is 127. The van der Waals surface area contributed by atoms with Gasteiger partial charge < -0.3 is 25.4 Å². The third kappa shape index (κ3) is 6.86. The van der Waals surface area contributed by atoms with Gasteiger partial charge >= 0.3 is 0 Å². The van der Waals surface area contributed by atoms with Gasteiger partial charge in [-0.2, -0.15) is 0 Å². The molecule has 0 bridgehead atoms. The van der Waals surface area contributed by atoms with E-state index < -0.39 is 23.9 Å². The molecular weight excluding hydrogens is 695 g/mol. The molecule has 1 aliphatic heterocycles. The van der Waals surface area contributed by atoms with Crippen LogP contribution in [0.25, 0.3) is 6.08 Å². The fraction of sp³-hybridized carbons (Fsp3) is 0.351. The van der Waals surface area contributed by atoms with Crippen molar-refractivity contribution in [3.63, 3.8) is 0 Å². The van der Waals surface area contributed by atoms with Gasteiger partial charge in [0.25, 0.3) is 0 Å². The van der Waals surface area contributed by atoms with Gasteiger partial charge in [-0.05, 0) is 114 Å². The van der Waals surface area contributed by atoms with E-state index >= 15 is 0 Å². The van der Waals surface area contributed by atoms with Gasteiger partial charge in [0.2, 0.25) is 11.8 Å². The number of benzene rings is 3. The van der Waals surface area contributed by atoms with Crippen LogP contribution in [-0.4, -0.2) is 47.0 Å². The van der Waals surface area contributed by atoms with Crippen molar-refractivity contribution in [2.45, 2.75) is 46.1 Å². The predicted octanol–water partition coefficient (Wildman–Crippen LogP) is 7.06. The first-order valence-electron chi connectivity index (χ1n) is 15.6. The lowest BCUT2D eigenvalue weighted by molar-refractivity contribution is -0.123. The van der Waals surface area contributed by atoms with Gasteiger partial charge in [-0.1, -0.05) is 49.3 Å². The van der Waals surface area contributed by atoms with Crippen LogP contribution >= 0.6 is 22.6 Å². The number of nitrogens with one attached hydrogen (secondary N) is 1. The lowest BCUT2D eigenvalue weighted by Crippen LogP contribution is -2.39. The molecule has 5 rings (SSSR count). The monoisotopic (exact) mass is 736 g/mol. The summed E-state index contributed by atoms with van der Waals surface area (Å²) in [5.74, 6) is -2.06. The first-order valence-corrected chi connectivity index (χ1v) is 16.7. The van der Waals surface area contributed by atoms with Gasteiger partial charge in [0.1, 0.15) is 0 Å². The number of phenolic OH excluding ortho intramolecular Hbond substituents is 1. The second-order valence-corrected chi connectivity index (χ2v) is 13.6. The average molecular weight is 737 g/mol. The van der Waals surface area contributed by atoms with Crippen LogP contribution in [0.3, 0.4) is 0 Å². The molecule has 9 heteroatoms. The Hall–Kier alpha value is -3.67. The minimum atomic E-state index is -0.881. The number of aromatic hydroxyl groups is 1. The molecule has 2 aliphatic rings. The lowest BCUT2D eigenvalue weighted by Gasteiger charge is -2.38. The first kappa shape index (κ1) is 33.7. The van der Waals surface area contributed by atoms with Crippen LogP contribution in [0.4, 0.5) is 17.1 Å². The standard InChI is InChI=1S/C37H41IN2O6/c1-21(2)27-19-28-34(37(45)40(36(28)44)26-13-11-25(12-14-26)39-24-8-6-5-7-9-24)29(20-41)33(27)31(42)15-10-22(3)16-23-17-30(38)35(43)32(18-23)46-4/h5-9,11-14,16-18,21,28-29,31,34,39,41-43H,10,15,19-20H2,1-4H3/b22-16+/t28-,29+,31-,34-/m1/s1. The van der Waals surface area contributed by atoms with Crippen LogP contribution < -0.4 is 15.0 Å². The summed E-state index contributed by atoms with van der Waals surface area (Å²) in [6, 6.07) is 20.6. The second-order valence-electron chi connectivity index (χ2n) is 12.4. The average Bonchev–Trinajstić information content (AvgIpc) is 3.30. The minimum absolute atomic E-state index is 0.0307. The molecule has 0 saturated carbocycles. The van der Waals surface area contributed by atoms with Crippen LogP contribution in [0, 0.1) is 27.2 Å². The van der Waals surface area contributed by atoms with Crippen molar-refractivity contribution in [1.82, 2.24) is 0 Å². The Morgan fingerprint density at radius 3 is 2.37 bits per heavy atom. The number of allylic oxidation sites excluding steroid dienone is 2. The molecule has 4 N–H and O–H groups in total. The van der Waals surface area contributed by atoms with E-state index in [1.165, 1.54) is 12.0 Å². The highest BCUT2D eigenvalue weighted by molar-refractivity contribution is 14.1. The molecule has 242 valence electrons. The van der Waals surface area contributed by atoms with Gasteiger partial charge in [-0.3, -0.25) is 14.5 Å². The second kappa shape index (κ2) is 14.4. The smallest absolute Gasteiger partial charge is 0.238 e. The Kier molecular flexibility index (Phi) is 10.5. The predicted molar refractivity (Wildman–Crippen MR) is 189 cm³/mol. The third-order valence-electron chi connectivity index (χ3n) is 9.06. The summed E-state index contributed by atoms with van der Waals surface area (Å²) >= 11 is 2.06. The number of nitrogens with zero attached hydrogens (tertiary/aromatic N) is 1. The molecule has 3 aromatic carbocycles. The molecule has 1 fully saturated rings. The number of carbonyl (C=O) groups is 2. The number of methoxy groups -OCH3 is 1. The van der Waals surface area contributed by atoms with E-state index in [1.54, 1.807) is 18.2 Å². The molecule has 4 atom stereocenters. The fourth-order valence-electron chi connectivity index (χ4n) is 6.79. The number of halogens is 1. The summed E-state index contributed by atoms with van der Waals surface area (Å²) in [6.07, 6.45) is 2.46. The van der Waals surface area contributed by atoms with E-state index in [-0.39, 0.29) is 30.1 Å². The number of ether oxygens (including phenoxy) is 1. The van der Waals surface area contributed by atoms with Crippen LogP contribution in [0.1, 0.15) is 45.6 Å². The number of para-hydroxylation sites is 1. The van der Waals surface area contributed by atoms with Crippen LogP contribution in [0.15, 0.2) is 83.4 Å². The Bertz CT molecular complexity index is 1650. The van der Waals surface area contributed by atoms with E-state index in [9.17, 15) is 24.9 Å². The van der Waals surface area contributed by atoms with Gasteiger partial charge in [-0.15, -0.1) is 0 Å². The first-order chi connectivity index (χ1) is 22.0. The number of rotatable bonds is 11. The van der Waals surface area contributed by atoms with Crippen LogP contribution in [0.5, 0.6) is 11.5 Å². The Balaban J connectivity index is 1.35. The van der Waals surface area contributed by atoms with E-state index in [2.05, 4.69) is 27.9 Å². The van der Waals surface area contributed by atoms with Gasteiger partial charge in [0.05, 0.1) is 40.9 Å². The van der Waals surface area contributed by atoms with E-state index in [4.69, 9.17) is 4.74 Å². The number of aliphatic hydroxyl groups excluding tert-OH is 2. The number of carbonyl (C=O) groups excluding carboxylic acids is 2. The largest absolute Gasteiger partial charge is 0.504 e. The van der Waals surface area contributed by atoms with Crippen molar-refractivity contribution >= 4 is 57.5 Å². The Morgan fingerprint density at radius 1 is 1.07 bits per heavy atom. The van der Waals surface area contributed by atoms with Gasteiger partial charge in [-0.25, -0.2) is 0 Å². The Labute approximate surface area is 283 Å². The number of fused-ring (bicyclic) bond motifs is 1. The van der Waals surface area contributed by atoms with Crippen molar-refractivity contribution in [1.29, 1.82) is 0 Å². The third-order valence-corrected chi connectivity index (χ3v) is 9.88. The number of phenols is 1. The molecule has 1 heterocycles. The van der Waals surface area contributed by atoms with Crippen LogP contribution in [-0.2, 0) is 9.59 Å². The number of hydrogen-bond acceptors (Lipinski definition) is 7. The zero-order chi connectivity index (χ0) is 33.1. The summed E-state index contributed by atoms with van der Waals surface area (Å²) < 4.78 is 5.96.